The number of aryl methyl sites for hydroxylation is 3. The van der Waals surface area contributed by atoms with Gasteiger partial charge in [0, 0.05) is 25.5 Å². The Morgan fingerprint density at radius 3 is 2.70 bits per heavy atom. The van der Waals surface area contributed by atoms with Crippen molar-refractivity contribution >= 4 is 11.8 Å². The van der Waals surface area contributed by atoms with Gasteiger partial charge in [-0.05, 0) is 43.0 Å². The van der Waals surface area contributed by atoms with Crippen molar-refractivity contribution in [1.82, 2.24) is 15.2 Å². The molecule has 1 fully saturated rings. The highest BCUT2D eigenvalue weighted by molar-refractivity contribution is 5.86. The van der Waals surface area contributed by atoms with Gasteiger partial charge in [-0.15, -0.1) is 0 Å². The number of rotatable bonds is 4. The molecule has 2 atom stereocenters. The molecule has 1 aromatic heterocycles. The van der Waals surface area contributed by atoms with Crippen LogP contribution >= 0.6 is 0 Å². The zero-order valence-electron chi connectivity index (χ0n) is 16.2. The van der Waals surface area contributed by atoms with E-state index in [4.69, 9.17) is 4.74 Å². The largest absolute Gasteiger partial charge is 0.356 e. The predicted molar refractivity (Wildman–Crippen MR) is 102 cm³/mol. The fourth-order valence-electron chi connectivity index (χ4n) is 3.31. The fourth-order valence-corrected chi connectivity index (χ4v) is 3.31. The number of benzene rings is 1. The number of hydrogen-bond donors (Lipinski definition) is 1. The number of likely N-dealkylation sites (N-methyl/N-ethyl adjacent to an activating group) is 1. The van der Waals surface area contributed by atoms with E-state index in [1.165, 1.54) is 0 Å². The van der Waals surface area contributed by atoms with Crippen LogP contribution in [0.5, 0.6) is 0 Å². The van der Waals surface area contributed by atoms with Gasteiger partial charge in [0.15, 0.2) is 6.10 Å². The van der Waals surface area contributed by atoms with E-state index in [2.05, 4.69) is 10.3 Å². The maximum atomic E-state index is 12.9. The van der Waals surface area contributed by atoms with Gasteiger partial charge in [0.05, 0.1) is 6.04 Å². The topological polar surface area (TPSA) is 71.5 Å². The summed E-state index contributed by atoms with van der Waals surface area (Å²) in [6.45, 7) is 6.19. The quantitative estimate of drug-likeness (QED) is 0.899. The van der Waals surface area contributed by atoms with Crippen LogP contribution in [0.4, 0.5) is 0 Å². The number of carbonyl (C=O) groups excluding carboxylic acids is 2. The van der Waals surface area contributed by atoms with Crippen molar-refractivity contribution in [2.24, 2.45) is 0 Å². The third kappa shape index (κ3) is 4.01. The van der Waals surface area contributed by atoms with Crippen LogP contribution in [0.15, 0.2) is 36.5 Å². The Morgan fingerprint density at radius 1 is 1.26 bits per heavy atom. The monoisotopic (exact) mass is 367 g/mol. The first-order chi connectivity index (χ1) is 12.9. The molecule has 0 aliphatic carbocycles. The summed E-state index contributed by atoms with van der Waals surface area (Å²) < 4.78 is 5.66. The number of nitrogens with zero attached hydrogens (tertiary/aromatic N) is 2. The molecule has 1 aliphatic heterocycles. The minimum absolute atomic E-state index is 0.0951. The van der Waals surface area contributed by atoms with E-state index in [0.29, 0.717) is 6.54 Å². The van der Waals surface area contributed by atoms with Crippen LogP contribution < -0.4 is 5.32 Å². The Hall–Kier alpha value is -2.73. The number of carbonyl (C=O) groups is 2. The van der Waals surface area contributed by atoms with E-state index in [9.17, 15) is 9.59 Å². The molecule has 6 heteroatoms. The summed E-state index contributed by atoms with van der Waals surface area (Å²) in [5.41, 5.74) is 4.92. The van der Waals surface area contributed by atoms with E-state index in [1.54, 1.807) is 18.1 Å². The zero-order chi connectivity index (χ0) is 19.6. The minimum Gasteiger partial charge on any atom is -0.356 e. The van der Waals surface area contributed by atoms with Crippen LogP contribution in [0, 0.1) is 20.8 Å². The van der Waals surface area contributed by atoms with Crippen molar-refractivity contribution in [3.8, 4) is 0 Å². The molecule has 1 N–H and O–H groups in total. The van der Waals surface area contributed by atoms with Crippen molar-refractivity contribution in [3.05, 3.63) is 64.5 Å². The van der Waals surface area contributed by atoms with Gasteiger partial charge in [-0.2, -0.15) is 0 Å². The summed E-state index contributed by atoms with van der Waals surface area (Å²) in [7, 11) is 1.72. The highest BCUT2D eigenvalue weighted by atomic mass is 16.5. The van der Waals surface area contributed by atoms with Gasteiger partial charge in [0.2, 0.25) is 5.91 Å². The van der Waals surface area contributed by atoms with Crippen molar-refractivity contribution < 1.29 is 14.3 Å². The Labute approximate surface area is 159 Å². The second kappa shape index (κ2) is 7.88. The number of morpholine rings is 1. The van der Waals surface area contributed by atoms with Crippen LogP contribution in [-0.2, 0) is 20.9 Å². The molecule has 0 bridgehead atoms. The highest BCUT2D eigenvalue weighted by Gasteiger charge is 2.40. The second-order valence-corrected chi connectivity index (χ2v) is 7.00. The van der Waals surface area contributed by atoms with Gasteiger partial charge in [0.1, 0.15) is 6.61 Å². The molecule has 2 aromatic rings. The first-order valence-corrected chi connectivity index (χ1v) is 9.01. The smallest absolute Gasteiger partial charge is 0.251 e. The molecule has 142 valence electrons. The highest BCUT2D eigenvalue weighted by Crippen LogP contribution is 2.31. The van der Waals surface area contributed by atoms with Gasteiger partial charge in [-0.3, -0.25) is 14.6 Å². The van der Waals surface area contributed by atoms with E-state index in [1.807, 2.05) is 51.1 Å². The molecule has 0 spiro atoms. The summed E-state index contributed by atoms with van der Waals surface area (Å²) >= 11 is 0. The number of aromatic nitrogens is 1. The molecule has 0 saturated carbocycles. The lowest BCUT2D eigenvalue weighted by atomic mass is 9.94. The molecule has 2 amide bonds. The molecule has 0 radical (unpaired) electrons. The molecular weight excluding hydrogens is 342 g/mol. The molecule has 1 saturated heterocycles. The van der Waals surface area contributed by atoms with E-state index in [-0.39, 0.29) is 18.4 Å². The first-order valence-electron chi connectivity index (χ1n) is 9.01. The molecular formula is C21H25N3O3. The number of hydrogen-bond acceptors (Lipinski definition) is 4. The van der Waals surface area contributed by atoms with Crippen LogP contribution in [0.1, 0.15) is 34.0 Å². The average Bonchev–Trinajstić information content (AvgIpc) is 2.65. The second-order valence-electron chi connectivity index (χ2n) is 7.00. The SMILES string of the molecule is Cc1ccccc1[C@@H]1[C@@H](C(=O)NCc2cnc(C)c(C)c2)OCC(=O)N1C. The molecule has 2 heterocycles. The Kier molecular flexibility index (Phi) is 5.56. The minimum atomic E-state index is -0.756. The third-order valence-electron chi connectivity index (χ3n) is 5.11. The van der Waals surface area contributed by atoms with Crippen molar-refractivity contribution in [2.45, 2.75) is 39.5 Å². The average molecular weight is 367 g/mol. The summed E-state index contributed by atoms with van der Waals surface area (Å²) in [5.74, 6) is -0.369. The van der Waals surface area contributed by atoms with Crippen molar-refractivity contribution in [3.63, 3.8) is 0 Å². The Bertz CT molecular complexity index is 866. The Balaban J connectivity index is 1.79. The van der Waals surface area contributed by atoms with E-state index in [0.717, 1.165) is 27.9 Å². The van der Waals surface area contributed by atoms with Gasteiger partial charge in [-0.1, -0.05) is 30.3 Å². The zero-order valence-corrected chi connectivity index (χ0v) is 16.2. The normalized spacial score (nSPS) is 19.9. The molecule has 3 rings (SSSR count). The van der Waals surface area contributed by atoms with Gasteiger partial charge < -0.3 is 15.0 Å². The maximum Gasteiger partial charge on any atom is 0.251 e. The van der Waals surface area contributed by atoms with E-state index >= 15 is 0 Å². The number of pyridine rings is 1. The number of amides is 2. The predicted octanol–water partition coefficient (Wildman–Crippen LogP) is 2.22. The van der Waals surface area contributed by atoms with Crippen LogP contribution in [0.2, 0.25) is 0 Å². The summed E-state index contributed by atoms with van der Waals surface area (Å²) in [4.78, 5) is 31.0. The van der Waals surface area contributed by atoms with Gasteiger partial charge in [-0.25, -0.2) is 0 Å². The molecule has 0 unspecified atom stereocenters. The van der Waals surface area contributed by atoms with Crippen molar-refractivity contribution in [2.75, 3.05) is 13.7 Å². The van der Waals surface area contributed by atoms with Crippen molar-refractivity contribution in [1.29, 1.82) is 0 Å². The Morgan fingerprint density at radius 2 is 2.00 bits per heavy atom. The third-order valence-corrected chi connectivity index (χ3v) is 5.11. The standard InChI is InChI=1S/C21H25N3O3/c1-13-7-5-6-8-17(13)19-20(27-12-18(25)24(19)4)21(26)23-11-16-9-14(2)15(3)22-10-16/h5-10,19-20H,11-12H2,1-4H3,(H,23,26)/t19-,20+/m1/s1. The maximum absolute atomic E-state index is 12.9. The lowest BCUT2D eigenvalue weighted by Gasteiger charge is -2.38. The lowest BCUT2D eigenvalue weighted by Crippen LogP contribution is -2.53. The molecule has 1 aliphatic rings. The van der Waals surface area contributed by atoms with Crippen LogP contribution in [0.3, 0.4) is 0 Å². The van der Waals surface area contributed by atoms with Crippen LogP contribution in [0.25, 0.3) is 0 Å². The van der Waals surface area contributed by atoms with Crippen LogP contribution in [-0.4, -0.2) is 41.5 Å². The fraction of sp³-hybridized carbons (Fsp3) is 0.381. The summed E-state index contributed by atoms with van der Waals surface area (Å²) in [6, 6.07) is 9.31. The summed E-state index contributed by atoms with van der Waals surface area (Å²) in [6.07, 6.45) is 1.01. The lowest BCUT2D eigenvalue weighted by molar-refractivity contribution is -0.162. The summed E-state index contributed by atoms with van der Waals surface area (Å²) in [5, 5.41) is 2.93. The van der Waals surface area contributed by atoms with Gasteiger partial charge in [0.25, 0.3) is 5.91 Å². The number of ether oxygens (including phenoxy) is 1. The molecule has 27 heavy (non-hydrogen) atoms. The first kappa shape index (κ1) is 19.0. The molecule has 1 aromatic carbocycles. The van der Waals surface area contributed by atoms with Gasteiger partial charge >= 0.3 is 0 Å². The van der Waals surface area contributed by atoms with E-state index < -0.39 is 12.1 Å². The number of nitrogens with one attached hydrogen (secondary N) is 1. The molecule has 6 nitrogen and oxygen atoms in total.